The van der Waals surface area contributed by atoms with E-state index in [0.29, 0.717) is 27.7 Å². The zero-order chi connectivity index (χ0) is 23.3. The highest BCUT2D eigenvalue weighted by Crippen LogP contribution is 2.68. The third-order valence-corrected chi connectivity index (χ3v) is 12.6. The molecule has 164 valence electrons. The highest BCUT2D eigenvalue weighted by Gasteiger charge is 2.39. The lowest BCUT2D eigenvalue weighted by molar-refractivity contribution is 0.580. The summed E-state index contributed by atoms with van der Waals surface area (Å²) in [4.78, 5) is 0. The molecule has 0 amide bonds. The van der Waals surface area contributed by atoms with Crippen LogP contribution in [0.2, 0.25) is 0 Å². The van der Waals surface area contributed by atoms with Crippen LogP contribution in [0, 0.1) is 0 Å². The lowest BCUT2D eigenvalue weighted by Gasteiger charge is -2.27. The summed E-state index contributed by atoms with van der Waals surface area (Å²) in [6.45, 7) is 17.0. The molecule has 0 aliphatic heterocycles. The van der Waals surface area contributed by atoms with Gasteiger partial charge in [0.1, 0.15) is 7.14 Å². The molecule has 2 unspecified atom stereocenters. The van der Waals surface area contributed by atoms with Crippen LogP contribution in [0.5, 0.6) is 0 Å². The topological polar surface area (TPSA) is 34.1 Å². The Labute approximate surface area is 188 Å². The van der Waals surface area contributed by atoms with E-state index in [4.69, 9.17) is 0 Å². The van der Waals surface area contributed by atoms with Gasteiger partial charge in [-0.05, 0) is 25.6 Å². The van der Waals surface area contributed by atoms with Gasteiger partial charge in [0.2, 0.25) is 0 Å². The number of rotatable bonds is 9. The quantitative estimate of drug-likeness (QED) is 0.219. The van der Waals surface area contributed by atoms with Gasteiger partial charge in [0.05, 0.1) is 5.90 Å². The molecular formula is C27H34O2P2. The summed E-state index contributed by atoms with van der Waals surface area (Å²) >= 11 is 0. The summed E-state index contributed by atoms with van der Waals surface area (Å²) in [7, 11) is -6.31. The molecule has 0 aliphatic carbocycles. The van der Waals surface area contributed by atoms with Crippen molar-refractivity contribution in [3.8, 4) is 0 Å². The van der Waals surface area contributed by atoms with Gasteiger partial charge in [0.15, 0.2) is 7.14 Å². The van der Waals surface area contributed by atoms with Crippen molar-refractivity contribution in [3.63, 3.8) is 0 Å². The van der Waals surface area contributed by atoms with E-state index in [0.717, 1.165) is 0 Å². The van der Waals surface area contributed by atoms with Crippen LogP contribution in [0.4, 0.5) is 0 Å². The minimum atomic E-state index is -3.19. The van der Waals surface area contributed by atoms with Crippen molar-refractivity contribution in [3.05, 3.63) is 121 Å². The Morgan fingerprint density at radius 2 is 1.32 bits per heavy atom. The van der Waals surface area contributed by atoms with Crippen molar-refractivity contribution in [1.82, 2.24) is 0 Å². The Morgan fingerprint density at radius 1 is 0.871 bits per heavy atom. The Bertz CT molecular complexity index is 1020. The van der Waals surface area contributed by atoms with Crippen LogP contribution in [0.15, 0.2) is 121 Å². The average Bonchev–Trinajstić information content (AvgIpc) is 2.80. The molecule has 2 aromatic carbocycles. The third-order valence-electron chi connectivity index (χ3n) is 4.71. The molecule has 0 aromatic heterocycles. The van der Waals surface area contributed by atoms with Crippen molar-refractivity contribution in [1.29, 1.82) is 0 Å². The first-order valence-electron chi connectivity index (χ1n) is 10.3. The van der Waals surface area contributed by atoms with E-state index < -0.39 is 14.3 Å². The van der Waals surface area contributed by atoms with Crippen LogP contribution in [0.3, 0.4) is 0 Å². The van der Waals surface area contributed by atoms with Gasteiger partial charge in [-0.2, -0.15) is 0 Å². The molecule has 2 nitrogen and oxygen atoms in total. The van der Waals surface area contributed by atoms with Gasteiger partial charge in [0, 0.05) is 15.9 Å². The van der Waals surface area contributed by atoms with Crippen LogP contribution in [-0.2, 0) is 9.13 Å². The van der Waals surface area contributed by atoms with Crippen molar-refractivity contribution < 1.29 is 9.13 Å². The number of allylic oxidation sites excluding steroid dienone is 7. The molecule has 0 saturated carbocycles. The number of benzene rings is 2. The molecule has 2 rings (SSSR count). The minimum absolute atomic E-state index is 0.0463. The van der Waals surface area contributed by atoms with E-state index in [1.807, 2.05) is 93.6 Å². The predicted molar refractivity (Wildman–Crippen MR) is 141 cm³/mol. The predicted octanol–water partition coefficient (Wildman–Crippen LogP) is 8.08. The Morgan fingerprint density at radius 3 is 1.71 bits per heavy atom. The van der Waals surface area contributed by atoms with Crippen LogP contribution in [0.25, 0.3) is 0 Å². The third kappa shape index (κ3) is 6.79. The molecule has 4 heteroatoms. The molecule has 0 bridgehead atoms. The molecular weight excluding hydrogens is 418 g/mol. The first kappa shape index (κ1) is 26.6. The van der Waals surface area contributed by atoms with Crippen LogP contribution in [-0.4, -0.2) is 5.90 Å². The van der Waals surface area contributed by atoms with Gasteiger partial charge < -0.3 is 9.13 Å². The first-order valence-corrected chi connectivity index (χ1v) is 14.1. The largest absolute Gasteiger partial charge is 0.313 e. The highest BCUT2D eigenvalue weighted by atomic mass is 31.2. The normalized spacial score (nSPS) is 15.1. The fourth-order valence-corrected chi connectivity index (χ4v) is 11.4. The molecule has 0 radical (unpaired) electrons. The molecule has 0 saturated heterocycles. The number of hydrogen-bond donors (Lipinski definition) is 0. The minimum Gasteiger partial charge on any atom is -0.313 e. The van der Waals surface area contributed by atoms with E-state index in [1.54, 1.807) is 18.2 Å². The second-order valence-corrected chi connectivity index (χ2v) is 13.2. The summed E-state index contributed by atoms with van der Waals surface area (Å²) in [5.74, 6) is 0.0463. The van der Waals surface area contributed by atoms with Crippen molar-refractivity contribution in [2.24, 2.45) is 0 Å². The van der Waals surface area contributed by atoms with Crippen molar-refractivity contribution in [2.45, 2.75) is 27.2 Å². The summed E-state index contributed by atoms with van der Waals surface area (Å²) in [6, 6.07) is 18.7. The molecule has 0 fully saturated rings. The van der Waals surface area contributed by atoms with Gasteiger partial charge in [0.25, 0.3) is 0 Å². The Hall–Kier alpha value is -2.40. The zero-order valence-corrected chi connectivity index (χ0v) is 20.7. The lowest BCUT2D eigenvalue weighted by atomic mass is 10.4. The summed E-state index contributed by atoms with van der Waals surface area (Å²) in [5.41, 5.74) is 0. The monoisotopic (exact) mass is 452 g/mol. The second-order valence-electron chi connectivity index (χ2n) is 6.95. The standard InChI is InChI=1S/C24H28O2P2.C3H6/c1-5-14-22(15-6-2)28(26,24-18-12-9-13-19-24)20-27(25,21(4)7-3)23-16-10-8-11-17-23;1-3-2/h5-6,8-19H,1,4,7,20H2,2-3H3;3H,1H2,2H3/b15-6-,22-14+;. The second kappa shape index (κ2) is 13.1. The number of hydrogen-bond acceptors (Lipinski definition) is 2. The van der Waals surface area contributed by atoms with E-state index in [1.165, 1.54) is 0 Å². The average molecular weight is 453 g/mol. The molecule has 0 heterocycles. The van der Waals surface area contributed by atoms with Crippen LogP contribution >= 0.6 is 14.3 Å². The first-order chi connectivity index (χ1) is 14.8. The van der Waals surface area contributed by atoms with Gasteiger partial charge in [-0.1, -0.05) is 111 Å². The SMILES string of the molecule is C=C/C=C(\C=C/C)P(=O)(CP(=O)(C(=C)CC)c1ccccc1)c1ccccc1.C=CC. The smallest absolute Gasteiger partial charge is 0.150 e. The summed E-state index contributed by atoms with van der Waals surface area (Å²) < 4.78 is 28.8. The summed E-state index contributed by atoms with van der Waals surface area (Å²) in [5, 5.41) is 2.70. The molecule has 0 aliphatic rings. The van der Waals surface area contributed by atoms with Gasteiger partial charge >= 0.3 is 0 Å². The van der Waals surface area contributed by atoms with Crippen molar-refractivity contribution in [2.75, 3.05) is 5.90 Å². The lowest BCUT2D eigenvalue weighted by Crippen LogP contribution is -2.15. The van der Waals surface area contributed by atoms with Gasteiger partial charge in [-0.15, -0.1) is 6.58 Å². The Kier molecular flexibility index (Phi) is 11.3. The maximum atomic E-state index is 14.5. The van der Waals surface area contributed by atoms with E-state index in [-0.39, 0.29) is 5.90 Å². The van der Waals surface area contributed by atoms with E-state index in [2.05, 4.69) is 19.7 Å². The molecule has 31 heavy (non-hydrogen) atoms. The maximum Gasteiger partial charge on any atom is 0.150 e. The molecule has 2 atom stereocenters. The Balaban J connectivity index is 0.00000151. The van der Waals surface area contributed by atoms with E-state index in [9.17, 15) is 9.13 Å². The summed E-state index contributed by atoms with van der Waals surface area (Å²) in [6.07, 6.45) is 9.41. The van der Waals surface area contributed by atoms with Crippen LogP contribution in [0.1, 0.15) is 27.2 Å². The molecule has 2 aromatic rings. The van der Waals surface area contributed by atoms with Crippen molar-refractivity contribution >= 4 is 24.9 Å². The van der Waals surface area contributed by atoms with Gasteiger partial charge in [-0.25, -0.2) is 0 Å². The fourth-order valence-electron chi connectivity index (χ4n) is 3.14. The maximum absolute atomic E-state index is 14.5. The van der Waals surface area contributed by atoms with Crippen LogP contribution < -0.4 is 10.6 Å². The zero-order valence-electron chi connectivity index (χ0n) is 18.9. The molecule has 0 spiro atoms. The van der Waals surface area contributed by atoms with E-state index >= 15 is 0 Å². The highest BCUT2D eigenvalue weighted by molar-refractivity contribution is 7.91. The van der Waals surface area contributed by atoms with Gasteiger partial charge in [-0.3, -0.25) is 0 Å². The fraction of sp³-hybridized carbons (Fsp3) is 0.185. The molecule has 0 N–H and O–H groups in total.